The van der Waals surface area contributed by atoms with Crippen molar-refractivity contribution in [2.45, 2.75) is 26.4 Å². The molecule has 174 valence electrons. The number of nitrogens with zero attached hydrogens (tertiary/aromatic N) is 3. The van der Waals surface area contributed by atoms with Crippen molar-refractivity contribution in [2.24, 2.45) is 0 Å². The van der Waals surface area contributed by atoms with Gasteiger partial charge in [-0.05, 0) is 37.6 Å². The van der Waals surface area contributed by atoms with Crippen LogP contribution in [0, 0.1) is 6.92 Å². The Morgan fingerprint density at radius 1 is 1.21 bits per heavy atom. The van der Waals surface area contributed by atoms with Gasteiger partial charge in [0.2, 0.25) is 5.95 Å². The number of hydrogen-bond donors (Lipinski definition) is 2. The van der Waals surface area contributed by atoms with E-state index in [1.807, 2.05) is 13.0 Å². The molecule has 3 aromatic rings. The van der Waals surface area contributed by atoms with Crippen molar-refractivity contribution in [3.8, 4) is 0 Å². The first-order chi connectivity index (χ1) is 15.8. The summed E-state index contributed by atoms with van der Waals surface area (Å²) in [5.41, 5.74) is 1.30. The van der Waals surface area contributed by atoms with Gasteiger partial charge in [0.1, 0.15) is 0 Å². The summed E-state index contributed by atoms with van der Waals surface area (Å²) in [6.07, 6.45) is 0. The van der Waals surface area contributed by atoms with E-state index in [1.165, 1.54) is 6.07 Å². The summed E-state index contributed by atoms with van der Waals surface area (Å²) in [6, 6.07) is 9.39. The fourth-order valence-electron chi connectivity index (χ4n) is 4.07. The molecule has 2 aromatic carbocycles. The maximum atomic E-state index is 13.9. The molecular formula is C23H24F2N4O4. The molecule has 33 heavy (non-hydrogen) atoms. The van der Waals surface area contributed by atoms with Crippen molar-refractivity contribution in [1.29, 1.82) is 0 Å². The maximum Gasteiger partial charge on any atom is 0.337 e. The number of morpholine rings is 1. The van der Waals surface area contributed by atoms with Gasteiger partial charge in [0.15, 0.2) is 0 Å². The van der Waals surface area contributed by atoms with Gasteiger partial charge >= 0.3 is 12.5 Å². The smallest absolute Gasteiger partial charge is 0.337 e. The first kappa shape index (κ1) is 22.7. The van der Waals surface area contributed by atoms with Crippen LogP contribution in [-0.2, 0) is 4.74 Å². The summed E-state index contributed by atoms with van der Waals surface area (Å²) in [7, 11) is 0. The molecule has 2 heterocycles. The number of anilines is 2. The number of aromatic nitrogens is 2. The largest absolute Gasteiger partial charge is 0.478 e. The zero-order chi connectivity index (χ0) is 23.7. The molecule has 0 radical (unpaired) electrons. The molecule has 1 aromatic heterocycles. The number of hydrogen-bond acceptors (Lipinski definition) is 6. The van der Waals surface area contributed by atoms with Crippen molar-refractivity contribution in [3.63, 3.8) is 0 Å². The van der Waals surface area contributed by atoms with Crippen LogP contribution >= 0.6 is 0 Å². The maximum absolute atomic E-state index is 13.9. The van der Waals surface area contributed by atoms with Gasteiger partial charge in [0.25, 0.3) is 5.56 Å². The van der Waals surface area contributed by atoms with Crippen LogP contribution < -0.4 is 15.8 Å². The average Bonchev–Trinajstić information content (AvgIpc) is 2.79. The van der Waals surface area contributed by atoms with E-state index in [1.54, 1.807) is 36.1 Å². The Morgan fingerprint density at radius 2 is 1.91 bits per heavy atom. The second kappa shape index (κ2) is 9.14. The van der Waals surface area contributed by atoms with E-state index in [-0.39, 0.29) is 16.9 Å². The minimum atomic E-state index is -3.05. The number of rotatable bonds is 6. The van der Waals surface area contributed by atoms with E-state index in [0.717, 1.165) is 0 Å². The minimum Gasteiger partial charge on any atom is -0.478 e. The molecule has 0 amide bonds. The zero-order valence-electron chi connectivity index (χ0n) is 18.2. The van der Waals surface area contributed by atoms with E-state index in [4.69, 9.17) is 4.74 Å². The highest BCUT2D eigenvalue weighted by molar-refractivity contribution is 5.94. The van der Waals surface area contributed by atoms with E-state index >= 15 is 0 Å². The molecule has 4 rings (SSSR count). The number of para-hydroxylation sites is 1. The van der Waals surface area contributed by atoms with Crippen LogP contribution in [0.4, 0.5) is 20.4 Å². The van der Waals surface area contributed by atoms with Crippen molar-refractivity contribution in [2.75, 3.05) is 36.5 Å². The quantitative estimate of drug-likeness (QED) is 0.580. The SMILES string of the molecule is Cc1cc(C(C)Nc2ccccc2C(=O)O)c2nc(N3CCOCC3)n(C(F)F)c(=O)c2c1. The molecule has 1 aliphatic heterocycles. The molecular weight excluding hydrogens is 434 g/mol. The number of aryl methyl sites for hydroxylation is 1. The number of halogens is 2. The first-order valence-electron chi connectivity index (χ1n) is 10.5. The van der Waals surface area contributed by atoms with Gasteiger partial charge in [-0.2, -0.15) is 8.78 Å². The molecule has 0 saturated carbocycles. The monoisotopic (exact) mass is 458 g/mol. The second-order valence-electron chi connectivity index (χ2n) is 7.93. The van der Waals surface area contributed by atoms with Gasteiger partial charge in [-0.25, -0.2) is 14.3 Å². The standard InChI is InChI=1S/C23H24F2N4O4/c1-13-11-16(14(2)26-18-6-4-3-5-15(18)21(31)32)19-17(12-13)20(30)29(22(24)25)23(27-19)28-7-9-33-10-8-28/h3-6,11-12,14,22,26H,7-10H2,1-2H3,(H,31,32). The summed E-state index contributed by atoms with van der Waals surface area (Å²) in [4.78, 5) is 30.9. The lowest BCUT2D eigenvalue weighted by atomic mass is 10.0. The highest BCUT2D eigenvalue weighted by Gasteiger charge is 2.26. The summed E-state index contributed by atoms with van der Waals surface area (Å²) < 4.78 is 33.6. The number of nitrogens with one attached hydrogen (secondary N) is 1. The molecule has 0 spiro atoms. The lowest BCUT2D eigenvalue weighted by Gasteiger charge is -2.30. The summed E-state index contributed by atoms with van der Waals surface area (Å²) in [6.45, 7) is 1.90. The third-order valence-electron chi connectivity index (χ3n) is 5.65. The Labute approximate surface area is 188 Å². The summed E-state index contributed by atoms with van der Waals surface area (Å²) in [5, 5.41) is 12.7. The normalized spacial score (nSPS) is 15.1. The lowest BCUT2D eigenvalue weighted by Crippen LogP contribution is -2.41. The molecule has 1 unspecified atom stereocenters. The van der Waals surface area contributed by atoms with E-state index in [0.29, 0.717) is 53.2 Å². The topological polar surface area (TPSA) is 96.7 Å². The lowest BCUT2D eigenvalue weighted by molar-refractivity contribution is 0.0649. The molecule has 0 aliphatic carbocycles. The Kier molecular flexibility index (Phi) is 6.28. The molecule has 1 saturated heterocycles. The number of carboxylic acids is 1. The van der Waals surface area contributed by atoms with Gasteiger partial charge < -0.3 is 20.1 Å². The highest BCUT2D eigenvalue weighted by Crippen LogP contribution is 2.30. The van der Waals surface area contributed by atoms with E-state index in [2.05, 4.69) is 10.3 Å². The molecule has 1 aliphatic rings. The Balaban J connectivity index is 1.87. The number of alkyl halides is 2. The third kappa shape index (κ3) is 4.38. The predicted molar refractivity (Wildman–Crippen MR) is 120 cm³/mol. The zero-order valence-corrected chi connectivity index (χ0v) is 18.2. The molecule has 1 atom stereocenters. The van der Waals surface area contributed by atoms with Crippen LogP contribution in [0.2, 0.25) is 0 Å². The average molecular weight is 458 g/mol. The van der Waals surface area contributed by atoms with Gasteiger partial charge in [-0.15, -0.1) is 0 Å². The second-order valence-corrected chi connectivity index (χ2v) is 7.93. The van der Waals surface area contributed by atoms with Crippen molar-refractivity contribution < 1.29 is 23.4 Å². The molecule has 8 nitrogen and oxygen atoms in total. The predicted octanol–water partition coefficient (Wildman–Crippen LogP) is 3.81. The van der Waals surface area contributed by atoms with Crippen LogP contribution in [0.5, 0.6) is 0 Å². The first-order valence-corrected chi connectivity index (χ1v) is 10.5. The van der Waals surface area contributed by atoms with Crippen LogP contribution in [-0.4, -0.2) is 46.9 Å². The molecule has 1 fully saturated rings. The van der Waals surface area contributed by atoms with Gasteiger partial charge in [0.05, 0.1) is 35.7 Å². The van der Waals surface area contributed by atoms with Crippen molar-refractivity contribution in [3.05, 3.63) is 63.4 Å². The van der Waals surface area contributed by atoms with Gasteiger partial charge in [-0.1, -0.05) is 18.2 Å². The number of carboxylic acid groups (broad SMARTS) is 1. The number of ether oxygens (including phenoxy) is 1. The Hall–Kier alpha value is -3.53. The van der Waals surface area contributed by atoms with Gasteiger partial charge in [-0.3, -0.25) is 4.79 Å². The fourth-order valence-corrected chi connectivity index (χ4v) is 4.07. The van der Waals surface area contributed by atoms with E-state index < -0.39 is 24.1 Å². The number of carbonyl (C=O) groups is 1. The minimum absolute atomic E-state index is 0.0856. The Bertz CT molecular complexity index is 1260. The van der Waals surface area contributed by atoms with Crippen molar-refractivity contribution in [1.82, 2.24) is 9.55 Å². The van der Waals surface area contributed by atoms with Crippen LogP contribution in [0.15, 0.2) is 41.2 Å². The van der Waals surface area contributed by atoms with Crippen LogP contribution in [0.25, 0.3) is 10.9 Å². The van der Waals surface area contributed by atoms with Crippen LogP contribution in [0.3, 0.4) is 0 Å². The summed E-state index contributed by atoms with van der Waals surface area (Å²) in [5.74, 6) is -1.18. The van der Waals surface area contributed by atoms with Crippen LogP contribution in [0.1, 0.15) is 41.0 Å². The number of benzene rings is 2. The highest BCUT2D eigenvalue weighted by atomic mass is 19.3. The molecule has 10 heteroatoms. The van der Waals surface area contributed by atoms with Gasteiger partial charge in [0, 0.05) is 24.3 Å². The Morgan fingerprint density at radius 3 is 2.58 bits per heavy atom. The van der Waals surface area contributed by atoms with E-state index in [9.17, 15) is 23.5 Å². The summed E-state index contributed by atoms with van der Waals surface area (Å²) >= 11 is 0. The molecule has 0 bridgehead atoms. The number of aromatic carboxylic acids is 1. The van der Waals surface area contributed by atoms with Crippen molar-refractivity contribution >= 4 is 28.5 Å². The molecule has 2 N–H and O–H groups in total. The third-order valence-corrected chi connectivity index (χ3v) is 5.65. The fraction of sp³-hybridized carbons (Fsp3) is 0.348. The number of fused-ring (bicyclic) bond motifs is 1.